The molecular formula is C16H12S2. The number of benzene rings is 3. The molecule has 0 spiro atoms. The lowest BCUT2D eigenvalue weighted by atomic mass is 10.1. The summed E-state index contributed by atoms with van der Waals surface area (Å²) in [6.07, 6.45) is 0. The molecule has 0 heterocycles. The minimum atomic E-state index is 1.29. The van der Waals surface area contributed by atoms with E-state index in [4.69, 9.17) is 0 Å². The van der Waals surface area contributed by atoms with E-state index < -0.39 is 0 Å². The van der Waals surface area contributed by atoms with Crippen LogP contribution in [0.25, 0.3) is 10.8 Å². The third kappa shape index (κ3) is 2.71. The third-order valence-electron chi connectivity index (χ3n) is 2.70. The summed E-state index contributed by atoms with van der Waals surface area (Å²) in [6, 6.07) is 25.5. The Morgan fingerprint density at radius 3 is 2.00 bits per heavy atom. The Kier molecular flexibility index (Phi) is 3.58. The van der Waals surface area contributed by atoms with Crippen molar-refractivity contribution in [2.45, 2.75) is 9.79 Å². The van der Waals surface area contributed by atoms with Crippen LogP contribution in [0.1, 0.15) is 0 Å². The van der Waals surface area contributed by atoms with Crippen molar-refractivity contribution in [2.24, 2.45) is 0 Å². The van der Waals surface area contributed by atoms with Crippen LogP contribution < -0.4 is 0 Å². The van der Waals surface area contributed by atoms with Crippen LogP contribution in [0, 0.1) is 0 Å². The molecule has 0 nitrogen and oxygen atoms in total. The van der Waals surface area contributed by atoms with Gasteiger partial charge in [-0.05, 0) is 35.0 Å². The molecule has 0 aliphatic carbocycles. The third-order valence-corrected chi connectivity index (χ3v) is 5.10. The minimum absolute atomic E-state index is 1.29. The standard InChI is InChI=1S/C16H12S2/c1-2-8-15(9-3-1)17-18-16-11-10-13-6-4-5-7-14(13)12-16/h1-12H. The Balaban J connectivity index is 1.79. The summed E-state index contributed by atoms with van der Waals surface area (Å²) in [6.45, 7) is 0. The van der Waals surface area contributed by atoms with Gasteiger partial charge in [-0.3, -0.25) is 0 Å². The topological polar surface area (TPSA) is 0 Å². The zero-order valence-corrected chi connectivity index (χ0v) is 11.4. The minimum Gasteiger partial charge on any atom is -0.0622 e. The van der Waals surface area contributed by atoms with Crippen LogP contribution in [0.3, 0.4) is 0 Å². The predicted octanol–water partition coefficient (Wildman–Crippen LogP) is 5.64. The van der Waals surface area contributed by atoms with E-state index in [0.29, 0.717) is 0 Å². The highest BCUT2D eigenvalue weighted by Gasteiger charge is 1.98. The molecular weight excluding hydrogens is 256 g/mol. The van der Waals surface area contributed by atoms with E-state index in [1.807, 2.05) is 6.07 Å². The first-order valence-corrected chi connectivity index (χ1v) is 7.95. The van der Waals surface area contributed by atoms with E-state index in [1.165, 1.54) is 20.6 Å². The molecule has 0 atom stereocenters. The Morgan fingerprint density at radius 1 is 0.500 bits per heavy atom. The van der Waals surface area contributed by atoms with Gasteiger partial charge in [-0.2, -0.15) is 0 Å². The van der Waals surface area contributed by atoms with Crippen LogP contribution >= 0.6 is 21.6 Å². The van der Waals surface area contributed by atoms with Crippen molar-refractivity contribution in [3.8, 4) is 0 Å². The fraction of sp³-hybridized carbons (Fsp3) is 0. The Bertz CT molecular complexity index is 647. The van der Waals surface area contributed by atoms with Crippen LogP contribution in [0.5, 0.6) is 0 Å². The molecule has 3 aromatic rings. The average molecular weight is 268 g/mol. The molecule has 0 saturated carbocycles. The summed E-state index contributed by atoms with van der Waals surface area (Å²) in [4.78, 5) is 2.58. The van der Waals surface area contributed by atoms with Gasteiger partial charge >= 0.3 is 0 Å². The molecule has 0 radical (unpaired) electrons. The highest BCUT2D eigenvalue weighted by atomic mass is 33.1. The molecule has 0 aliphatic rings. The van der Waals surface area contributed by atoms with Crippen molar-refractivity contribution in [2.75, 3.05) is 0 Å². The van der Waals surface area contributed by atoms with Crippen LogP contribution in [0.2, 0.25) is 0 Å². The van der Waals surface area contributed by atoms with Gasteiger partial charge in [0.1, 0.15) is 0 Å². The van der Waals surface area contributed by atoms with Gasteiger partial charge in [-0.1, -0.05) is 70.1 Å². The maximum absolute atomic E-state index is 2.25. The van der Waals surface area contributed by atoms with E-state index in [2.05, 4.69) is 66.7 Å². The summed E-state index contributed by atoms with van der Waals surface area (Å²) >= 11 is 0. The van der Waals surface area contributed by atoms with Crippen LogP contribution in [0.4, 0.5) is 0 Å². The van der Waals surface area contributed by atoms with Gasteiger partial charge in [0.2, 0.25) is 0 Å². The highest BCUT2D eigenvalue weighted by Crippen LogP contribution is 2.38. The molecule has 0 aliphatic heterocycles. The second-order valence-corrected chi connectivity index (χ2v) is 6.26. The highest BCUT2D eigenvalue weighted by molar-refractivity contribution is 8.76. The molecule has 0 fully saturated rings. The largest absolute Gasteiger partial charge is 0.0622 e. The zero-order chi connectivity index (χ0) is 12.2. The van der Waals surface area contributed by atoms with Gasteiger partial charge < -0.3 is 0 Å². The lowest BCUT2D eigenvalue weighted by Crippen LogP contribution is -1.73. The maximum Gasteiger partial charge on any atom is 0.0192 e. The van der Waals surface area contributed by atoms with Gasteiger partial charge in [-0.25, -0.2) is 0 Å². The summed E-state index contributed by atoms with van der Waals surface area (Å²) in [5.41, 5.74) is 0. The second-order valence-electron chi connectivity index (χ2n) is 3.99. The normalized spacial score (nSPS) is 10.7. The van der Waals surface area contributed by atoms with E-state index in [0.717, 1.165) is 0 Å². The first-order valence-electron chi connectivity index (χ1n) is 5.80. The Morgan fingerprint density at radius 2 is 1.17 bits per heavy atom. The SMILES string of the molecule is c1ccc(SSc2ccc3ccccc3c2)cc1. The fourth-order valence-electron chi connectivity index (χ4n) is 1.79. The molecule has 0 saturated heterocycles. The van der Waals surface area contributed by atoms with Crippen LogP contribution in [0.15, 0.2) is 82.6 Å². The first kappa shape index (κ1) is 11.7. The zero-order valence-electron chi connectivity index (χ0n) is 9.74. The molecule has 88 valence electrons. The van der Waals surface area contributed by atoms with Gasteiger partial charge in [0.05, 0.1) is 0 Å². The number of hydrogen-bond acceptors (Lipinski definition) is 2. The molecule has 0 unspecified atom stereocenters. The number of fused-ring (bicyclic) bond motifs is 1. The maximum atomic E-state index is 2.25. The second kappa shape index (κ2) is 5.51. The van der Waals surface area contributed by atoms with Gasteiger partial charge in [0.15, 0.2) is 0 Å². The smallest absolute Gasteiger partial charge is 0.0192 e. The summed E-state index contributed by atoms with van der Waals surface area (Å²) in [7, 11) is 3.60. The molecule has 18 heavy (non-hydrogen) atoms. The average Bonchev–Trinajstić information content (AvgIpc) is 2.46. The summed E-state index contributed by atoms with van der Waals surface area (Å²) < 4.78 is 0. The molecule has 3 aromatic carbocycles. The lowest BCUT2D eigenvalue weighted by molar-refractivity contribution is 1.48. The first-order chi connectivity index (χ1) is 8.92. The number of hydrogen-bond donors (Lipinski definition) is 0. The monoisotopic (exact) mass is 268 g/mol. The summed E-state index contributed by atoms with van der Waals surface area (Å²) in [5.74, 6) is 0. The quantitative estimate of drug-likeness (QED) is 0.564. The summed E-state index contributed by atoms with van der Waals surface area (Å²) in [5, 5.41) is 2.60. The van der Waals surface area contributed by atoms with Crippen molar-refractivity contribution in [1.29, 1.82) is 0 Å². The van der Waals surface area contributed by atoms with Crippen molar-refractivity contribution in [3.63, 3.8) is 0 Å². The van der Waals surface area contributed by atoms with Gasteiger partial charge in [0.25, 0.3) is 0 Å². The van der Waals surface area contributed by atoms with Crippen LogP contribution in [-0.4, -0.2) is 0 Å². The van der Waals surface area contributed by atoms with Crippen molar-refractivity contribution in [1.82, 2.24) is 0 Å². The van der Waals surface area contributed by atoms with Crippen molar-refractivity contribution >= 4 is 32.4 Å². The predicted molar refractivity (Wildman–Crippen MR) is 82.1 cm³/mol. The number of rotatable bonds is 3. The van der Waals surface area contributed by atoms with E-state index >= 15 is 0 Å². The van der Waals surface area contributed by atoms with Gasteiger partial charge in [0, 0.05) is 9.79 Å². The Hall–Kier alpha value is -1.38. The fourth-order valence-corrected chi connectivity index (χ4v) is 3.77. The van der Waals surface area contributed by atoms with Crippen molar-refractivity contribution in [3.05, 3.63) is 72.8 Å². The van der Waals surface area contributed by atoms with E-state index in [-0.39, 0.29) is 0 Å². The van der Waals surface area contributed by atoms with Gasteiger partial charge in [-0.15, -0.1) is 0 Å². The molecule has 0 aromatic heterocycles. The van der Waals surface area contributed by atoms with Crippen LogP contribution in [-0.2, 0) is 0 Å². The van der Waals surface area contributed by atoms with Crippen molar-refractivity contribution < 1.29 is 0 Å². The molecule has 3 rings (SSSR count). The molecule has 0 bridgehead atoms. The molecule has 2 heteroatoms. The van der Waals surface area contributed by atoms with E-state index in [9.17, 15) is 0 Å². The molecule has 0 amide bonds. The van der Waals surface area contributed by atoms with E-state index in [1.54, 1.807) is 21.6 Å². The Labute approximate surface area is 115 Å². The molecule has 0 N–H and O–H groups in total. The lowest BCUT2D eigenvalue weighted by Gasteiger charge is -2.03.